The number of amides is 3. The van der Waals surface area contributed by atoms with Crippen molar-refractivity contribution in [2.45, 2.75) is 0 Å². The number of urea groups is 1. The van der Waals surface area contributed by atoms with Crippen LogP contribution in [-0.4, -0.2) is 46.3 Å². The zero-order valence-corrected chi connectivity index (χ0v) is 14.8. The highest BCUT2D eigenvalue weighted by molar-refractivity contribution is 5.92. The van der Waals surface area contributed by atoms with Crippen LogP contribution in [0.15, 0.2) is 48.8 Å². The number of carbonyl (C=O) groups is 3. The van der Waals surface area contributed by atoms with Crippen molar-refractivity contribution >= 4 is 34.8 Å². The van der Waals surface area contributed by atoms with Gasteiger partial charge in [0.1, 0.15) is 23.9 Å². The minimum atomic E-state index is -1.15. The number of carboxylic acids is 1. The third-order valence-electron chi connectivity index (χ3n) is 3.70. The summed E-state index contributed by atoms with van der Waals surface area (Å²) < 4.78 is 7.28. The molecule has 3 rings (SSSR count). The first-order chi connectivity index (χ1) is 13.5. The van der Waals surface area contributed by atoms with E-state index in [1.807, 2.05) is 0 Å². The van der Waals surface area contributed by atoms with Crippen LogP contribution in [-0.2, 0) is 4.79 Å². The third-order valence-corrected chi connectivity index (χ3v) is 3.70. The number of pyridine rings is 1. The largest absolute Gasteiger partial charge is 0.480 e. The molecule has 0 atom stereocenters. The van der Waals surface area contributed by atoms with E-state index >= 15 is 0 Å². The Labute approximate surface area is 159 Å². The van der Waals surface area contributed by atoms with Crippen LogP contribution in [0.1, 0.15) is 0 Å². The van der Waals surface area contributed by atoms with Gasteiger partial charge in [0.25, 0.3) is 0 Å². The Morgan fingerprint density at radius 1 is 1.14 bits per heavy atom. The lowest BCUT2D eigenvalue weighted by Gasteiger charge is -2.09. The maximum absolute atomic E-state index is 11.8. The Morgan fingerprint density at radius 3 is 2.68 bits per heavy atom. The number of aliphatic carboxylic acids is 1. The van der Waals surface area contributed by atoms with Crippen molar-refractivity contribution in [3.05, 3.63) is 48.8 Å². The van der Waals surface area contributed by atoms with Gasteiger partial charge in [-0.1, -0.05) is 0 Å². The van der Waals surface area contributed by atoms with Gasteiger partial charge < -0.3 is 20.5 Å². The first-order valence-electron chi connectivity index (χ1n) is 8.20. The Morgan fingerprint density at radius 2 is 1.93 bits per heavy atom. The monoisotopic (exact) mass is 383 g/mol. The van der Waals surface area contributed by atoms with E-state index in [1.54, 1.807) is 43.6 Å². The number of fused-ring (bicyclic) bond motifs is 1. The molecular weight excluding hydrogens is 366 g/mol. The summed E-state index contributed by atoms with van der Waals surface area (Å²) in [6.45, 7) is -0.502. The summed E-state index contributed by atoms with van der Waals surface area (Å²) in [5, 5.41) is 16.5. The number of ether oxygens (including phenoxy) is 1. The first kappa shape index (κ1) is 18.7. The number of hydrogen-bond acceptors (Lipinski definition) is 5. The maximum Gasteiger partial charge on any atom is 0.325 e. The van der Waals surface area contributed by atoms with Gasteiger partial charge in [-0.05, 0) is 30.3 Å². The highest BCUT2D eigenvalue weighted by Gasteiger charge is 2.09. The van der Waals surface area contributed by atoms with Gasteiger partial charge >= 0.3 is 18.0 Å². The molecule has 0 aliphatic rings. The predicted octanol–water partition coefficient (Wildman–Crippen LogP) is 2.22. The van der Waals surface area contributed by atoms with Gasteiger partial charge in [-0.2, -0.15) is 0 Å². The number of nitrogens with zero attached hydrogens (tertiary/aromatic N) is 2. The number of benzene rings is 1. The molecule has 4 N–H and O–H groups in total. The van der Waals surface area contributed by atoms with Crippen molar-refractivity contribution in [3.8, 4) is 11.5 Å². The molecule has 1 aromatic carbocycles. The number of aromatic nitrogens is 2. The average Bonchev–Trinajstić information content (AvgIpc) is 3.09. The van der Waals surface area contributed by atoms with Gasteiger partial charge in [0, 0.05) is 30.9 Å². The number of nitrogens with one attached hydrogen (secondary N) is 3. The molecule has 0 fully saturated rings. The second-order valence-electron chi connectivity index (χ2n) is 5.64. The Bertz CT molecular complexity index is 1050. The molecule has 3 aromatic rings. The van der Waals surface area contributed by atoms with Crippen molar-refractivity contribution in [1.82, 2.24) is 20.2 Å². The highest BCUT2D eigenvalue weighted by Crippen LogP contribution is 2.27. The van der Waals surface area contributed by atoms with E-state index in [0.29, 0.717) is 11.5 Å². The fourth-order valence-electron chi connectivity index (χ4n) is 2.48. The minimum absolute atomic E-state index is 0.201. The number of carbonyl (C=O) groups excluding carboxylic acids is 2. The fraction of sp³-hybridized carbons (Fsp3) is 0.111. The molecule has 3 amide bonds. The minimum Gasteiger partial charge on any atom is -0.480 e. The quantitative estimate of drug-likeness (QED) is 0.534. The lowest BCUT2D eigenvalue weighted by atomic mass is 10.2. The number of carboxylic acid groups (broad SMARTS) is 1. The van der Waals surface area contributed by atoms with Crippen LogP contribution < -0.4 is 20.7 Å². The second-order valence-corrected chi connectivity index (χ2v) is 5.64. The van der Waals surface area contributed by atoms with Gasteiger partial charge in [0.2, 0.25) is 0 Å². The second kappa shape index (κ2) is 8.08. The molecule has 0 saturated carbocycles. The fourth-order valence-corrected chi connectivity index (χ4v) is 2.48. The zero-order valence-electron chi connectivity index (χ0n) is 14.8. The van der Waals surface area contributed by atoms with Crippen LogP contribution in [0.25, 0.3) is 10.9 Å². The molecular formula is C18H17N5O5. The molecule has 0 aliphatic heterocycles. The van der Waals surface area contributed by atoms with Gasteiger partial charge in [-0.3, -0.25) is 14.7 Å². The van der Waals surface area contributed by atoms with Crippen LogP contribution >= 0.6 is 0 Å². The van der Waals surface area contributed by atoms with E-state index in [2.05, 4.69) is 20.9 Å². The van der Waals surface area contributed by atoms with Crippen LogP contribution in [0, 0.1) is 0 Å². The molecule has 0 radical (unpaired) electrons. The predicted molar refractivity (Wildman–Crippen MR) is 101 cm³/mol. The Balaban J connectivity index is 1.72. The lowest BCUT2D eigenvalue weighted by molar-refractivity contribution is -0.135. The van der Waals surface area contributed by atoms with E-state index in [0.717, 1.165) is 10.9 Å². The summed E-state index contributed by atoms with van der Waals surface area (Å²) in [5.41, 5.74) is 0.735. The van der Waals surface area contributed by atoms with E-state index < -0.39 is 18.5 Å². The molecule has 144 valence electrons. The molecule has 10 nitrogen and oxygen atoms in total. The van der Waals surface area contributed by atoms with Crippen LogP contribution in [0.4, 0.5) is 15.4 Å². The summed E-state index contributed by atoms with van der Waals surface area (Å²) in [4.78, 5) is 37.9. The summed E-state index contributed by atoms with van der Waals surface area (Å²) in [7, 11) is 1.56. The molecule has 0 spiro atoms. The smallest absolute Gasteiger partial charge is 0.325 e. The maximum atomic E-state index is 11.8. The van der Waals surface area contributed by atoms with Crippen LogP contribution in [0.3, 0.4) is 0 Å². The summed E-state index contributed by atoms with van der Waals surface area (Å²) in [6, 6.07) is 9.24. The van der Waals surface area contributed by atoms with Crippen molar-refractivity contribution < 1.29 is 24.2 Å². The summed E-state index contributed by atoms with van der Waals surface area (Å²) >= 11 is 0. The van der Waals surface area contributed by atoms with Crippen molar-refractivity contribution in [3.63, 3.8) is 0 Å². The molecule has 0 aliphatic carbocycles. The summed E-state index contributed by atoms with van der Waals surface area (Å²) in [6.07, 6.45) is 3.11. The number of anilines is 1. The molecule has 28 heavy (non-hydrogen) atoms. The van der Waals surface area contributed by atoms with E-state index in [9.17, 15) is 14.4 Å². The van der Waals surface area contributed by atoms with E-state index in [-0.39, 0.29) is 11.8 Å². The SMILES string of the molecule is CNC(=O)n1ccc2cc(Oc3ccnc(NC(=O)NCC(=O)O)c3)ccc21. The molecule has 2 heterocycles. The summed E-state index contributed by atoms with van der Waals surface area (Å²) in [5.74, 6) is 0.0105. The van der Waals surface area contributed by atoms with Crippen molar-refractivity contribution in [1.29, 1.82) is 0 Å². The average molecular weight is 383 g/mol. The number of hydrogen-bond donors (Lipinski definition) is 4. The van der Waals surface area contributed by atoms with Gasteiger partial charge in [0.05, 0.1) is 5.52 Å². The molecule has 2 aromatic heterocycles. The molecule has 0 unspecified atom stereocenters. The van der Waals surface area contributed by atoms with Gasteiger partial charge in [-0.25, -0.2) is 14.6 Å². The molecule has 0 saturated heterocycles. The molecule has 10 heteroatoms. The zero-order chi connectivity index (χ0) is 20.1. The third kappa shape index (κ3) is 4.36. The Kier molecular flexibility index (Phi) is 5.40. The lowest BCUT2D eigenvalue weighted by Crippen LogP contribution is -2.33. The van der Waals surface area contributed by atoms with Crippen molar-refractivity contribution in [2.24, 2.45) is 0 Å². The number of rotatable bonds is 5. The standard InChI is InChI=1S/C18H17N5O5/c1-19-18(27)23-7-5-11-8-12(2-3-14(11)23)28-13-4-6-20-15(9-13)22-17(26)21-10-16(24)25/h2-9H,10H2,1H3,(H,19,27)(H,24,25)(H2,20,21,22,26). The van der Waals surface area contributed by atoms with Crippen LogP contribution in [0.5, 0.6) is 11.5 Å². The molecule has 0 bridgehead atoms. The van der Waals surface area contributed by atoms with E-state index in [4.69, 9.17) is 9.84 Å². The van der Waals surface area contributed by atoms with Crippen LogP contribution in [0.2, 0.25) is 0 Å². The van der Waals surface area contributed by atoms with Gasteiger partial charge in [0.15, 0.2) is 0 Å². The topological polar surface area (TPSA) is 135 Å². The van der Waals surface area contributed by atoms with E-state index in [1.165, 1.54) is 16.8 Å². The van der Waals surface area contributed by atoms with Gasteiger partial charge in [-0.15, -0.1) is 0 Å². The highest BCUT2D eigenvalue weighted by atomic mass is 16.5. The normalized spacial score (nSPS) is 10.3. The first-order valence-corrected chi connectivity index (χ1v) is 8.20. The van der Waals surface area contributed by atoms with Crippen molar-refractivity contribution in [2.75, 3.05) is 18.9 Å². The Hall–Kier alpha value is -4.08.